The summed E-state index contributed by atoms with van der Waals surface area (Å²) < 4.78 is 11.1. The molecule has 1 aliphatic heterocycles. The maximum absolute atomic E-state index is 5.60. The van der Waals surface area contributed by atoms with E-state index in [4.69, 9.17) is 9.47 Å². The van der Waals surface area contributed by atoms with Crippen molar-refractivity contribution >= 4 is 6.08 Å². The van der Waals surface area contributed by atoms with E-state index >= 15 is 0 Å². The second-order valence-corrected chi connectivity index (χ2v) is 3.74. The van der Waals surface area contributed by atoms with E-state index in [1.807, 2.05) is 30.4 Å². The third-order valence-electron chi connectivity index (χ3n) is 2.42. The molecule has 2 atom stereocenters. The Morgan fingerprint density at radius 1 is 1.27 bits per heavy atom. The molecule has 1 aromatic carbocycles. The maximum atomic E-state index is 5.60. The summed E-state index contributed by atoms with van der Waals surface area (Å²) in [5, 5.41) is 0. The number of rotatable bonds is 2. The van der Waals surface area contributed by atoms with Crippen LogP contribution in [0.2, 0.25) is 0 Å². The van der Waals surface area contributed by atoms with Gasteiger partial charge in [-0.05, 0) is 25.0 Å². The zero-order valence-electron chi connectivity index (χ0n) is 8.93. The molecule has 1 saturated heterocycles. The fourth-order valence-electron chi connectivity index (χ4n) is 1.54. The highest BCUT2D eigenvalue weighted by Crippen LogP contribution is 2.14. The van der Waals surface area contributed by atoms with Crippen molar-refractivity contribution in [3.05, 3.63) is 42.0 Å². The maximum Gasteiger partial charge on any atom is 0.177 e. The fraction of sp³-hybridized carbons (Fsp3) is 0.385. The lowest BCUT2D eigenvalue weighted by Crippen LogP contribution is -2.28. The van der Waals surface area contributed by atoms with Crippen molar-refractivity contribution < 1.29 is 9.47 Å². The molecule has 2 heteroatoms. The third-order valence-corrected chi connectivity index (χ3v) is 2.42. The first kappa shape index (κ1) is 10.4. The zero-order chi connectivity index (χ0) is 10.5. The zero-order valence-corrected chi connectivity index (χ0v) is 8.93. The highest BCUT2D eigenvalue weighted by molar-refractivity contribution is 5.48. The van der Waals surface area contributed by atoms with Crippen LogP contribution in [0.5, 0.6) is 0 Å². The SMILES string of the molecule is CC1CCOC(C=Cc2ccccc2)O1. The van der Waals surface area contributed by atoms with E-state index in [1.54, 1.807) is 0 Å². The van der Waals surface area contributed by atoms with E-state index in [0.717, 1.165) is 13.0 Å². The van der Waals surface area contributed by atoms with E-state index in [0.29, 0.717) is 6.10 Å². The van der Waals surface area contributed by atoms with Crippen LogP contribution in [0.25, 0.3) is 6.08 Å². The molecule has 80 valence electrons. The summed E-state index contributed by atoms with van der Waals surface area (Å²) in [5.74, 6) is 0. The lowest BCUT2D eigenvalue weighted by Gasteiger charge is -2.25. The van der Waals surface area contributed by atoms with Gasteiger partial charge in [-0.2, -0.15) is 0 Å². The molecule has 0 aliphatic carbocycles. The molecule has 2 nitrogen and oxygen atoms in total. The van der Waals surface area contributed by atoms with Gasteiger partial charge in [-0.1, -0.05) is 36.4 Å². The topological polar surface area (TPSA) is 18.5 Å². The number of hydrogen-bond donors (Lipinski definition) is 0. The van der Waals surface area contributed by atoms with Crippen LogP contribution >= 0.6 is 0 Å². The molecule has 0 saturated carbocycles. The van der Waals surface area contributed by atoms with Gasteiger partial charge in [0.05, 0.1) is 12.7 Å². The first-order chi connectivity index (χ1) is 7.34. The van der Waals surface area contributed by atoms with Gasteiger partial charge in [0.15, 0.2) is 6.29 Å². The Hall–Kier alpha value is -1.12. The summed E-state index contributed by atoms with van der Waals surface area (Å²) in [6.45, 7) is 2.86. The Morgan fingerprint density at radius 2 is 2.07 bits per heavy atom. The molecule has 2 rings (SSSR count). The Labute approximate surface area is 90.5 Å². The largest absolute Gasteiger partial charge is 0.349 e. The van der Waals surface area contributed by atoms with Gasteiger partial charge in [0.25, 0.3) is 0 Å². The van der Waals surface area contributed by atoms with Crippen LogP contribution < -0.4 is 0 Å². The Kier molecular flexibility index (Phi) is 3.54. The quantitative estimate of drug-likeness (QED) is 0.737. The smallest absolute Gasteiger partial charge is 0.177 e. The minimum Gasteiger partial charge on any atom is -0.349 e. The van der Waals surface area contributed by atoms with Gasteiger partial charge in [0.2, 0.25) is 0 Å². The van der Waals surface area contributed by atoms with Crippen molar-refractivity contribution in [1.82, 2.24) is 0 Å². The van der Waals surface area contributed by atoms with Crippen LogP contribution in [0.1, 0.15) is 18.9 Å². The predicted octanol–water partition coefficient (Wildman–Crippen LogP) is 2.85. The molecule has 0 amide bonds. The fourth-order valence-corrected chi connectivity index (χ4v) is 1.54. The van der Waals surface area contributed by atoms with Gasteiger partial charge in [-0.15, -0.1) is 0 Å². The molecule has 15 heavy (non-hydrogen) atoms. The molecular formula is C13H16O2. The average Bonchev–Trinajstić information content (AvgIpc) is 2.28. The molecule has 0 radical (unpaired) electrons. The summed E-state index contributed by atoms with van der Waals surface area (Å²) in [6.07, 6.45) is 5.08. The van der Waals surface area contributed by atoms with Gasteiger partial charge >= 0.3 is 0 Å². The lowest BCUT2D eigenvalue weighted by atomic mass is 10.2. The molecule has 2 unspecified atom stereocenters. The van der Waals surface area contributed by atoms with Crippen LogP contribution in [0.15, 0.2) is 36.4 Å². The summed E-state index contributed by atoms with van der Waals surface area (Å²) in [5.41, 5.74) is 1.17. The summed E-state index contributed by atoms with van der Waals surface area (Å²) in [7, 11) is 0. The lowest BCUT2D eigenvalue weighted by molar-refractivity contribution is -0.180. The van der Waals surface area contributed by atoms with Gasteiger partial charge in [0.1, 0.15) is 0 Å². The van der Waals surface area contributed by atoms with E-state index in [1.165, 1.54) is 5.56 Å². The normalized spacial score (nSPS) is 27.0. The molecular weight excluding hydrogens is 188 g/mol. The van der Waals surface area contributed by atoms with Crippen LogP contribution in [0.3, 0.4) is 0 Å². The summed E-state index contributed by atoms with van der Waals surface area (Å²) in [6, 6.07) is 10.2. The van der Waals surface area contributed by atoms with Gasteiger partial charge in [-0.3, -0.25) is 0 Å². The van der Waals surface area contributed by atoms with Crippen molar-refractivity contribution in [1.29, 1.82) is 0 Å². The van der Waals surface area contributed by atoms with Crippen molar-refractivity contribution in [2.45, 2.75) is 25.7 Å². The van der Waals surface area contributed by atoms with E-state index in [2.05, 4.69) is 19.1 Å². The predicted molar refractivity (Wildman–Crippen MR) is 60.4 cm³/mol. The van der Waals surface area contributed by atoms with Crippen molar-refractivity contribution in [3.8, 4) is 0 Å². The third kappa shape index (κ3) is 3.18. The van der Waals surface area contributed by atoms with Crippen LogP contribution in [0.4, 0.5) is 0 Å². The van der Waals surface area contributed by atoms with Crippen molar-refractivity contribution in [3.63, 3.8) is 0 Å². The average molecular weight is 204 g/mol. The summed E-state index contributed by atoms with van der Waals surface area (Å²) >= 11 is 0. The Bertz CT molecular complexity index is 319. The van der Waals surface area contributed by atoms with E-state index in [9.17, 15) is 0 Å². The van der Waals surface area contributed by atoms with Gasteiger partial charge < -0.3 is 9.47 Å². The van der Waals surface area contributed by atoms with E-state index in [-0.39, 0.29) is 6.29 Å². The molecule has 0 N–H and O–H groups in total. The van der Waals surface area contributed by atoms with Crippen molar-refractivity contribution in [2.24, 2.45) is 0 Å². The van der Waals surface area contributed by atoms with Crippen LogP contribution in [-0.4, -0.2) is 19.0 Å². The molecule has 0 spiro atoms. The number of hydrogen-bond acceptors (Lipinski definition) is 2. The molecule has 1 aliphatic rings. The standard InChI is InChI=1S/C13H16O2/c1-11-9-10-14-13(15-11)8-7-12-5-3-2-4-6-12/h2-8,11,13H,9-10H2,1H3. The molecule has 0 bridgehead atoms. The highest BCUT2D eigenvalue weighted by Gasteiger charge is 2.16. The highest BCUT2D eigenvalue weighted by atomic mass is 16.7. The molecule has 1 aromatic rings. The first-order valence-corrected chi connectivity index (χ1v) is 5.35. The molecule has 1 fully saturated rings. The van der Waals surface area contributed by atoms with Crippen molar-refractivity contribution in [2.75, 3.05) is 6.61 Å². The van der Waals surface area contributed by atoms with Crippen LogP contribution in [-0.2, 0) is 9.47 Å². The van der Waals surface area contributed by atoms with Gasteiger partial charge in [-0.25, -0.2) is 0 Å². The minimum absolute atomic E-state index is 0.186. The minimum atomic E-state index is -0.186. The Morgan fingerprint density at radius 3 is 2.80 bits per heavy atom. The number of ether oxygens (including phenoxy) is 2. The second kappa shape index (κ2) is 5.10. The first-order valence-electron chi connectivity index (χ1n) is 5.35. The second-order valence-electron chi connectivity index (χ2n) is 3.74. The van der Waals surface area contributed by atoms with Crippen LogP contribution in [0, 0.1) is 0 Å². The summed E-state index contributed by atoms with van der Waals surface area (Å²) in [4.78, 5) is 0. The molecule has 1 heterocycles. The van der Waals surface area contributed by atoms with E-state index < -0.39 is 0 Å². The monoisotopic (exact) mass is 204 g/mol. The Balaban J connectivity index is 1.93. The molecule has 0 aromatic heterocycles. The number of benzene rings is 1. The van der Waals surface area contributed by atoms with Gasteiger partial charge in [0, 0.05) is 0 Å².